The first-order valence-corrected chi connectivity index (χ1v) is 6.92. The van der Waals surface area contributed by atoms with Gasteiger partial charge < -0.3 is 4.74 Å². The van der Waals surface area contributed by atoms with E-state index in [2.05, 4.69) is 0 Å². The maximum absolute atomic E-state index is 12.8. The zero-order chi connectivity index (χ0) is 21.5. The molecule has 0 radical (unpaired) electrons. The molecule has 2 rings (SSSR count). The van der Waals surface area contributed by atoms with Crippen molar-refractivity contribution in [2.75, 3.05) is 0 Å². The van der Waals surface area contributed by atoms with Gasteiger partial charge in [0.2, 0.25) is 5.75 Å². The average molecular weight is 419 g/mol. The minimum Gasteiger partial charge on any atom is -0.450 e. The Morgan fingerprint density at radius 1 is 0.714 bits per heavy atom. The van der Waals surface area contributed by atoms with Crippen molar-refractivity contribution in [3.05, 3.63) is 63.2 Å². The van der Waals surface area contributed by atoms with Crippen LogP contribution in [0.25, 0.3) is 0 Å². The van der Waals surface area contributed by atoms with E-state index in [-0.39, 0.29) is 24.3 Å². The number of rotatable bonds is 3. The zero-order valence-corrected chi connectivity index (χ0v) is 13.0. The van der Waals surface area contributed by atoms with Crippen LogP contribution in [0.3, 0.4) is 0 Å². The maximum atomic E-state index is 12.8. The van der Waals surface area contributed by atoms with Crippen molar-refractivity contribution in [2.24, 2.45) is 0 Å². The fourth-order valence-electron chi connectivity index (χ4n) is 2.03. The summed E-state index contributed by atoms with van der Waals surface area (Å²) in [4.78, 5) is 9.63. The van der Waals surface area contributed by atoms with Gasteiger partial charge >= 0.3 is 24.2 Å². The van der Waals surface area contributed by atoms with Crippen LogP contribution in [-0.2, 0) is 18.5 Å². The molecule has 0 aliphatic carbocycles. The maximum Gasteiger partial charge on any atom is 0.416 e. The summed E-state index contributed by atoms with van der Waals surface area (Å²) >= 11 is 0. The fraction of sp³-hybridized carbons (Fsp3) is 0.200. The Morgan fingerprint density at radius 3 is 1.57 bits per heavy atom. The molecule has 0 aromatic heterocycles. The van der Waals surface area contributed by atoms with Crippen molar-refractivity contribution in [1.29, 1.82) is 0 Å². The molecule has 0 heterocycles. The van der Waals surface area contributed by atoms with Gasteiger partial charge in [0, 0.05) is 6.07 Å². The van der Waals surface area contributed by atoms with Crippen molar-refractivity contribution in [3.8, 4) is 11.5 Å². The summed E-state index contributed by atoms with van der Waals surface area (Å²) in [7, 11) is 0. The van der Waals surface area contributed by atoms with Crippen molar-refractivity contribution in [1.82, 2.24) is 0 Å². The third-order valence-corrected chi connectivity index (χ3v) is 3.27. The predicted octanol–water partition coefficient (Wildman–Crippen LogP) is 6.44. The lowest BCUT2D eigenvalue weighted by Gasteiger charge is -2.15. The highest BCUT2D eigenvalue weighted by molar-refractivity contribution is 5.52. The molecule has 4 nitrogen and oxygen atoms in total. The summed E-state index contributed by atoms with van der Waals surface area (Å²) in [6.45, 7) is 0. The number of hydrogen-bond acceptors (Lipinski definition) is 3. The Bertz CT molecular complexity index is 869. The van der Waals surface area contributed by atoms with Crippen LogP contribution >= 0.6 is 0 Å². The molecular weight excluding hydrogens is 413 g/mol. The monoisotopic (exact) mass is 419 g/mol. The van der Waals surface area contributed by atoms with E-state index in [1.165, 1.54) is 0 Å². The van der Waals surface area contributed by atoms with E-state index in [1.54, 1.807) is 0 Å². The fourth-order valence-corrected chi connectivity index (χ4v) is 2.03. The summed E-state index contributed by atoms with van der Waals surface area (Å²) < 4.78 is 119. The Labute approximate surface area is 149 Å². The number of ether oxygens (including phenoxy) is 1. The molecule has 0 N–H and O–H groups in total. The smallest absolute Gasteiger partial charge is 0.416 e. The second kappa shape index (κ2) is 6.87. The van der Waals surface area contributed by atoms with Crippen LogP contribution in [0.4, 0.5) is 45.2 Å². The molecule has 0 atom stereocenters. The Balaban J connectivity index is 2.57. The lowest BCUT2D eigenvalue weighted by Crippen LogP contribution is -2.11. The number of nitro benzene ring substituents is 1. The molecule has 0 aliphatic rings. The minimum absolute atomic E-state index is 0.0492. The molecule has 28 heavy (non-hydrogen) atoms. The van der Waals surface area contributed by atoms with Gasteiger partial charge in [0.15, 0.2) is 0 Å². The predicted molar refractivity (Wildman–Crippen MR) is 74.6 cm³/mol. The molecule has 0 bridgehead atoms. The van der Waals surface area contributed by atoms with E-state index in [9.17, 15) is 49.6 Å². The normalized spacial score (nSPS) is 12.8. The molecule has 0 fully saturated rings. The molecule has 0 saturated heterocycles. The van der Waals surface area contributed by atoms with Gasteiger partial charge in [-0.05, 0) is 30.3 Å². The Morgan fingerprint density at radius 2 is 1.18 bits per heavy atom. The second-order valence-electron chi connectivity index (χ2n) is 5.28. The van der Waals surface area contributed by atoms with Gasteiger partial charge in [0.05, 0.1) is 21.6 Å². The molecule has 13 heteroatoms. The van der Waals surface area contributed by atoms with E-state index in [0.29, 0.717) is 12.1 Å². The lowest BCUT2D eigenvalue weighted by atomic mass is 10.1. The van der Waals surface area contributed by atoms with Crippen LogP contribution < -0.4 is 4.74 Å². The van der Waals surface area contributed by atoms with E-state index in [0.717, 1.165) is 0 Å². The van der Waals surface area contributed by atoms with Gasteiger partial charge in [-0.2, -0.15) is 39.5 Å². The van der Waals surface area contributed by atoms with Crippen LogP contribution in [0, 0.1) is 10.1 Å². The summed E-state index contributed by atoms with van der Waals surface area (Å²) in [5, 5.41) is 10.9. The van der Waals surface area contributed by atoms with Gasteiger partial charge in [-0.1, -0.05) is 0 Å². The molecule has 0 aliphatic heterocycles. The van der Waals surface area contributed by atoms with Crippen molar-refractivity contribution >= 4 is 5.69 Å². The third-order valence-electron chi connectivity index (χ3n) is 3.27. The minimum atomic E-state index is -5.20. The van der Waals surface area contributed by atoms with E-state index < -0.39 is 57.3 Å². The van der Waals surface area contributed by atoms with Gasteiger partial charge in [-0.25, -0.2) is 0 Å². The first-order valence-electron chi connectivity index (χ1n) is 6.92. The zero-order valence-electron chi connectivity index (χ0n) is 13.0. The number of hydrogen-bond donors (Lipinski definition) is 0. The highest BCUT2D eigenvalue weighted by Gasteiger charge is 2.38. The molecule has 0 amide bonds. The molecule has 0 saturated carbocycles. The van der Waals surface area contributed by atoms with Crippen LogP contribution in [0.5, 0.6) is 11.5 Å². The van der Waals surface area contributed by atoms with E-state index in [4.69, 9.17) is 4.74 Å². The van der Waals surface area contributed by atoms with Crippen molar-refractivity contribution in [2.45, 2.75) is 18.5 Å². The first-order chi connectivity index (χ1) is 12.6. The first kappa shape index (κ1) is 21.3. The molecule has 0 unspecified atom stereocenters. The quantitative estimate of drug-likeness (QED) is 0.327. The summed E-state index contributed by atoms with van der Waals surface area (Å²) in [6.07, 6.45) is -15.4. The average Bonchev–Trinajstić information content (AvgIpc) is 2.52. The van der Waals surface area contributed by atoms with Crippen LogP contribution in [0.2, 0.25) is 0 Å². The number of alkyl halides is 9. The highest BCUT2D eigenvalue weighted by atomic mass is 19.4. The molecular formula is C15H6F9NO3. The molecule has 152 valence electrons. The third kappa shape index (κ3) is 4.84. The lowest BCUT2D eigenvalue weighted by molar-refractivity contribution is -0.385. The van der Waals surface area contributed by atoms with Gasteiger partial charge in [0.1, 0.15) is 5.75 Å². The number of benzene rings is 2. The topological polar surface area (TPSA) is 52.4 Å². The number of nitro groups is 1. The van der Waals surface area contributed by atoms with E-state index in [1.807, 2.05) is 0 Å². The molecule has 2 aromatic rings. The van der Waals surface area contributed by atoms with Gasteiger partial charge in [0.25, 0.3) is 0 Å². The van der Waals surface area contributed by atoms with E-state index >= 15 is 0 Å². The molecule has 2 aromatic carbocycles. The van der Waals surface area contributed by atoms with Crippen LogP contribution in [0.15, 0.2) is 36.4 Å². The SMILES string of the molecule is O=[N+]([O-])c1cc(C(F)(F)F)ccc1Oc1cc(C(F)(F)F)cc(C(F)(F)F)c1. The second-order valence-corrected chi connectivity index (χ2v) is 5.28. The summed E-state index contributed by atoms with van der Waals surface area (Å²) in [5.41, 5.74) is -6.26. The largest absolute Gasteiger partial charge is 0.450 e. The number of nitrogens with zero attached hydrogens (tertiary/aromatic N) is 1. The molecule has 0 spiro atoms. The summed E-state index contributed by atoms with van der Waals surface area (Å²) in [5.74, 6) is -2.06. The number of halogens is 9. The summed E-state index contributed by atoms with van der Waals surface area (Å²) in [6, 6.07) is 0.879. The van der Waals surface area contributed by atoms with Crippen molar-refractivity contribution < 1.29 is 49.2 Å². The van der Waals surface area contributed by atoms with Crippen LogP contribution in [0.1, 0.15) is 16.7 Å². The van der Waals surface area contributed by atoms with Gasteiger partial charge in [-0.3, -0.25) is 10.1 Å². The Hall–Kier alpha value is -2.99. The van der Waals surface area contributed by atoms with Gasteiger partial charge in [-0.15, -0.1) is 0 Å². The van der Waals surface area contributed by atoms with Crippen molar-refractivity contribution in [3.63, 3.8) is 0 Å². The Kier molecular flexibility index (Phi) is 5.23. The highest BCUT2D eigenvalue weighted by Crippen LogP contribution is 2.41. The standard InChI is InChI=1S/C15H6F9NO3/c16-13(17,18)7-1-2-12(11(6-7)25(26)27)28-10-4-8(14(19,20)21)3-9(5-10)15(22,23)24/h1-6H. The van der Waals surface area contributed by atoms with Crippen LogP contribution in [-0.4, -0.2) is 4.92 Å².